The van der Waals surface area contributed by atoms with E-state index in [1.807, 2.05) is 9.80 Å². The zero-order valence-corrected chi connectivity index (χ0v) is 14.3. The van der Waals surface area contributed by atoms with Gasteiger partial charge in [-0.05, 0) is 38.0 Å². The van der Waals surface area contributed by atoms with E-state index in [0.29, 0.717) is 37.9 Å². The predicted molar refractivity (Wildman–Crippen MR) is 89.4 cm³/mol. The summed E-state index contributed by atoms with van der Waals surface area (Å²) in [7, 11) is 0. The van der Waals surface area contributed by atoms with Crippen molar-refractivity contribution in [3.8, 4) is 0 Å². The molecular weight excluding hydrogens is 306 g/mol. The Kier molecular flexibility index (Phi) is 4.41. The minimum atomic E-state index is -0.407. The van der Waals surface area contributed by atoms with Crippen molar-refractivity contribution >= 4 is 11.9 Å². The normalized spacial score (nSPS) is 34.9. The number of nitrogens with zero attached hydrogens (tertiary/aromatic N) is 2. The number of urea groups is 1. The molecule has 2 saturated carbocycles. The first-order valence-corrected chi connectivity index (χ1v) is 9.66. The van der Waals surface area contributed by atoms with Gasteiger partial charge in [-0.3, -0.25) is 4.79 Å². The summed E-state index contributed by atoms with van der Waals surface area (Å²) in [4.78, 5) is 28.6. The number of carbonyl (C=O) groups excluding carboxylic acids is 2. The van der Waals surface area contributed by atoms with Gasteiger partial charge >= 0.3 is 6.03 Å². The molecule has 0 unspecified atom stereocenters. The number of hydrogen-bond acceptors (Lipinski definition) is 3. The van der Waals surface area contributed by atoms with Crippen molar-refractivity contribution in [2.45, 2.75) is 82.0 Å². The van der Waals surface area contributed by atoms with Gasteiger partial charge in [0, 0.05) is 31.6 Å². The molecule has 4 fully saturated rings. The highest BCUT2D eigenvalue weighted by molar-refractivity contribution is 5.82. The SMILES string of the molecule is O=C1C[C@H](NC(=O)N2C[C@H](O)C[C@@H]2C2CCCCC2)CN1C1CC1. The molecule has 2 aliphatic heterocycles. The van der Waals surface area contributed by atoms with E-state index in [1.165, 1.54) is 32.1 Å². The van der Waals surface area contributed by atoms with Gasteiger partial charge < -0.3 is 20.2 Å². The smallest absolute Gasteiger partial charge is 0.318 e. The third kappa shape index (κ3) is 3.25. The summed E-state index contributed by atoms with van der Waals surface area (Å²) in [6, 6.07) is 0.424. The summed E-state index contributed by atoms with van der Waals surface area (Å²) < 4.78 is 0. The average Bonchev–Trinajstić information content (AvgIpc) is 3.24. The summed E-state index contributed by atoms with van der Waals surface area (Å²) in [6.45, 7) is 1.08. The molecule has 6 heteroatoms. The molecule has 2 saturated heterocycles. The fourth-order valence-electron chi connectivity index (χ4n) is 4.87. The van der Waals surface area contributed by atoms with Crippen LogP contribution in [0.5, 0.6) is 0 Å². The lowest BCUT2D eigenvalue weighted by Crippen LogP contribution is -2.49. The predicted octanol–water partition coefficient (Wildman–Crippen LogP) is 1.47. The van der Waals surface area contributed by atoms with Crippen molar-refractivity contribution < 1.29 is 14.7 Å². The molecule has 3 atom stereocenters. The number of amides is 3. The van der Waals surface area contributed by atoms with Crippen LogP contribution in [0.2, 0.25) is 0 Å². The number of β-amino-alcohol motifs (C(OH)–C–C–N with tert-alkyl or cyclic N) is 1. The number of rotatable bonds is 3. The molecule has 0 bridgehead atoms. The van der Waals surface area contributed by atoms with Gasteiger partial charge in [-0.1, -0.05) is 19.3 Å². The maximum atomic E-state index is 12.8. The highest BCUT2D eigenvalue weighted by Crippen LogP contribution is 2.35. The Morgan fingerprint density at radius 2 is 1.83 bits per heavy atom. The van der Waals surface area contributed by atoms with Crippen LogP contribution in [0.3, 0.4) is 0 Å². The molecule has 134 valence electrons. The van der Waals surface area contributed by atoms with Crippen molar-refractivity contribution in [3.05, 3.63) is 0 Å². The Hall–Kier alpha value is -1.30. The zero-order chi connectivity index (χ0) is 16.7. The molecule has 0 aromatic heterocycles. The molecule has 4 aliphatic rings. The molecule has 2 heterocycles. The minimum absolute atomic E-state index is 0.0738. The lowest BCUT2D eigenvalue weighted by molar-refractivity contribution is -0.128. The Balaban J connectivity index is 1.36. The first-order valence-electron chi connectivity index (χ1n) is 9.66. The van der Waals surface area contributed by atoms with E-state index in [4.69, 9.17) is 0 Å². The van der Waals surface area contributed by atoms with Gasteiger partial charge in [0.1, 0.15) is 0 Å². The van der Waals surface area contributed by atoms with Gasteiger partial charge in [-0.25, -0.2) is 4.79 Å². The van der Waals surface area contributed by atoms with E-state index >= 15 is 0 Å². The van der Waals surface area contributed by atoms with Crippen LogP contribution >= 0.6 is 0 Å². The summed E-state index contributed by atoms with van der Waals surface area (Å²) in [6.07, 6.45) is 9.03. The molecule has 0 radical (unpaired) electrons. The first-order chi connectivity index (χ1) is 11.6. The Morgan fingerprint density at radius 1 is 1.08 bits per heavy atom. The minimum Gasteiger partial charge on any atom is -0.391 e. The van der Waals surface area contributed by atoms with Crippen molar-refractivity contribution in [1.82, 2.24) is 15.1 Å². The molecule has 0 aromatic carbocycles. The maximum Gasteiger partial charge on any atom is 0.318 e. The van der Waals surface area contributed by atoms with E-state index in [9.17, 15) is 14.7 Å². The summed E-state index contributed by atoms with van der Waals surface area (Å²) in [5.74, 6) is 0.697. The van der Waals surface area contributed by atoms with E-state index in [0.717, 1.165) is 12.8 Å². The van der Waals surface area contributed by atoms with Crippen LogP contribution < -0.4 is 5.32 Å². The van der Waals surface area contributed by atoms with Gasteiger partial charge in [-0.2, -0.15) is 0 Å². The number of nitrogens with one attached hydrogen (secondary N) is 1. The third-order valence-electron chi connectivity index (χ3n) is 6.25. The van der Waals surface area contributed by atoms with E-state index in [1.54, 1.807) is 0 Å². The lowest BCUT2D eigenvalue weighted by Gasteiger charge is -2.34. The van der Waals surface area contributed by atoms with Crippen LogP contribution in [0.25, 0.3) is 0 Å². The van der Waals surface area contributed by atoms with Crippen LogP contribution in [0.1, 0.15) is 57.8 Å². The third-order valence-corrected chi connectivity index (χ3v) is 6.25. The first kappa shape index (κ1) is 16.2. The van der Waals surface area contributed by atoms with Gasteiger partial charge in [0.15, 0.2) is 0 Å². The second-order valence-corrected chi connectivity index (χ2v) is 8.14. The fourth-order valence-corrected chi connectivity index (χ4v) is 4.87. The number of carbonyl (C=O) groups is 2. The van der Waals surface area contributed by atoms with E-state index < -0.39 is 6.10 Å². The molecule has 0 spiro atoms. The molecule has 6 nitrogen and oxygen atoms in total. The van der Waals surface area contributed by atoms with Crippen LogP contribution in [0.15, 0.2) is 0 Å². The molecule has 4 rings (SSSR count). The van der Waals surface area contributed by atoms with E-state index in [-0.39, 0.29) is 24.0 Å². The van der Waals surface area contributed by atoms with Crippen molar-refractivity contribution in [2.24, 2.45) is 5.92 Å². The monoisotopic (exact) mass is 335 g/mol. The van der Waals surface area contributed by atoms with Crippen molar-refractivity contribution in [3.63, 3.8) is 0 Å². The lowest BCUT2D eigenvalue weighted by atomic mass is 9.83. The molecule has 2 aliphatic carbocycles. The quantitative estimate of drug-likeness (QED) is 0.820. The molecule has 3 amide bonds. The van der Waals surface area contributed by atoms with Crippen molar-refractivity contribution in [2.75, 3.05) is 13.1 Å². The largest absolute Gasteiger partial charge is 0.391 e. The van der Waals surface area contributed by atoms with Crippen molar-refractivity contribution in [1.29, 1.82) is 0 Å². The molecule has 24 heavy (non-hydrogen) atoms. The molecular formula is C18H29N3O3. The maximum absolute atomic E-state index is 12.8. The highest BCUT2D eigenvalue weighted by atomic mass is 16.3. The number of hydrogen-bond donors (Lipinski definition) is 2. The summed E-state index contributed by atoms with van der Waals surface area (Å²) in [5, 5.41) is 13.2. The van der Waals surface area contributed by atoms with E-state index in [2.05, 4.69) is 5.32 Å². The van der Waals surface area contributed by atoms with Gasteiger partial charge in [0.2, 0.25) is 5.91 Å². The topological polar surface area (TPSA) is 72.9 Å². The number of aliphatic hydroxyl groups excluding tert-OH is 1. The Labute approximate surface area is 143 Å². The zero-order valence-electron chi connectivity index (χ0n) is 14.3. The summed E-state index contributed by atoms with van der Waals surface area (Å²) in [5.41, 5.74) is 0. The van der Waals surface area contributed by atoms with Gasteiger partial charge in [0.25, 0.3) is 0 Å². The summed E-state index contributed by atoms with van der Waals surface area (Å²) >= 11 is 0. The standard InChI is InChI=1S/C18H29N3O3/c22-15-9-16(12-4-2-1-3-5-12)21(11-15)18(24)19-13-8-17(23)20(10-13)14-6-7-14/h12-16,22H,1-11H2,(H,19,24)/t13-,15+,16+/m0/s1. The Morgan fingerprint density at radius 3 is 2.54 bits per heavy atom. The number of aliphatic hydroxyl groups is 1. The fraction of sp³-hybridized carbons (Fsp3) is 0.889. The second-order valence-electron chi connectivity index (χ2n) is 8.14. The van der Waals surface area contributed by atoms with Gasteiger partial charge in [0.05, 0.1) is 12.1 Å². The molecule has 2 N–H and O–H groups in total. The molecule has 0 aromatic rings. The average molecular weight is 335 g/mol. The van der Waals surface area contributed by atoms with Crippen LogP contribution in [-0.2, 0) is 4.79 Å². The second kappa shape index (κ2) is 6.54. The van der Waals surface area contributed by atoms with Gasteiger partial charge in [-0.15, -0.1) is 0 Å². The highest BCUT2D eigenvalue weighted by Gasteiger charge is 2.43. The Bertz CT molecular complexity index is 502. The van der Waals surface area contributed by atoms with Crippen LogP contribution in [-0.4, -0.2) is 64.2 Å². The van der Waals surface area contributed by atoms with Crippen LogP contribution in [0.4, 0.5) is 4.79 Å². The van der Waals surface area contributed by atoms with Crippen LogP contribution in [0, 0.1) is 5.92 Å². The number of likely N-dealkylation sites (tertiary alicyclic amines) is 2.